The minimum absolute atomic E-state index is 0.0916. The lowest BCUT2D eigenvalue weighted by Gasteiger charge is -2.34. The highest BCUT2D eigenvalue weighted by atomic mass is 16.2. The Bertz CT molecular complexity index is 415. The molecule has 132 valence electrons. The van der Waals surface area contributed by atoms with E-state index in [0.29, 0.717) is 25.3 Å². The molecular weight excluding hydrogens is 294 g/mol. The molecule has 0 aromatic heterocycles. The van der Waals surface area contributed by atoms with Crippen LogP contribution in [-0.2, 0) is 9.59 Å². The first-order chi connectivity index (χ1) is 11.0. The summed E-state index contributed by atoms with van der Waals surface area (Å²) in [6, 6.07) is 0. The zero-order valence-corrected chi connectivity index (χ0v) is 14.9. The minimum atomic E-state index is 0.0916. The van der Waals surface area contributed by atoms with Crippen LogP contribution in [0.1, 0.15) is 32.6 Å². The average molecular weight is 325 g/mol. The fourth-order valence-electron chi connectivity index (χ4n) is 2.62. The summed E-state index contributed by atoms with van der Waals surface area (Å²) in [5.74, 6) is 1.53. The van der Waals surface area contributed by atoms with Crippen molar-refractivity contribution in [2.45, 2.75) is 32.6 Å². The highest BCUT2D eigenvalue weighted by Gasteiger charge is 2.23. The number of nitrogens with one attached hydrogen (secondary N) is 2. The maximum atomic E-state index is 11.6. The number of aliphatic imine (C=N–C) groups is 1. The van der Waals surface area contributed by atoms with Crippen molar-refractivity contribution in [3.8, 4) is 0 Å². The second kappa shape index (κ2) is 10.1. The molecule has 2 N–H and O–H groups in total. The lowest BCUT2D eigenvalue weighted by molar-refractivity contribution is -0.128. The topological polar surface area (TPSA) is 77.0 Å². The maximum Gasteiger partial charge on any atom is 0.223 e. The number of guanidine groups is 1. The van der Waals surface area contributed by atoms with Crippen molar-refractivity contribution in [3.05, 3.63) is 0 Å². The van der Waals surface area contributed by atoms with Gasteiger partial charge in [0.25, 0.3) is 0 Å². The molecule has 0 unspecified atom stereocenters. The largest absolute Gasteiger partial charge is 0.359 e. The molecule has 1 fully saturated rings. The van der Waals surface area contributed by atoms with Crippen LogP contribution in [0.3, 0.4) is 0 Å². The summed E-state index contributed by atoms with van der Waals surface area (Å²) in [4.78, 5) is 31.5. The second-order valence-electron chi connectivity index (χ2n) is 6.08. The first-order valence-electron chi connectivity index (χ1n) is 8.41. The smallest absolute Gasteiger partial charge is 0.223 e. The minimum Gasteiger partial charge on any atom is -0.359 e. The molecule has 1 saturated heterocycles. The number of amides is 2. The molecule has 0 bridgehead atoms. The number of carbonyl (C=O) groups is 2. The molecule has 1 heterocycles. The van der Waals surface area contributed by atoms with Crippen LogP contribution in [0.4, 0.5) is 0 Å². The first-order valence-corrected chi connectivity index (χ1v) is 8.41. The van der Waals surface area contributed by atoms with Gasteiger partial charge < -0.3 is 20.4 Å². The summed E-state index contributed by atoms with van der Waals surface area (Å²) in [7, 11) is 5.20. The standard InChI is InChI=1S/C16H31N5O2/c1-5-18-16(19-9-6-15(23)20(3)4)21-10-7-13(8-11-21)12-14(22)17-2/h13H,5-12H2,1-4H3,(H,17,22)(H,18,19). The normalized spacial score (nSPS) is 16.2. The van der Waals surface area contributed by atoms with Crippen LogP contribution in [0.15, 0.2) is 4.99 Å². The van der Waals surface area contributed by atoms with Crippen molar-refractivity contribution in [1.29, 1.82) is 0 Å². The number of piperidine rings is 1. The van der Waals surface area contributed by atoms with Crippen LogP contribution < -0.4 is 10.6 Å². The van der Waals surface area contributed by atoms with Gasteiger partial charge in [0, 0.05) is 53.6 Å². The van der Waals surface area contributed by atoms with Crippen LogP contribution in [-0.4, -0.2) is 74.9 Å². The van der Waals surface area contributed by atoms with E-state index in [1.807, 2.05) is 6.92 Å². The molecule has 0 aliphatic carbocycles. The van der Waals surface area contributed by atoms with Gasteiger partial charge in [0.05, 0.1) is 6.54 Å². The Labute approximate surface area is 139 Å². The van der Waals surface area contributed by atoms with Crippen LogP contribution >= 0.6 is 0 Å². The van der Waals surface area contributed by atoms with Crippen molar-refractivity contribution < 1.29 is 9.59 Å². The van der Waals surface area contributed by atoms with Gasteiger partial charge in [-0.05, 0) is 25.7 Å². The summed E-state index contributed by atoms with van der Waals surface area (Å²) in [6.45, 7) is 5.14. The number of nitrogens with zero attached hydrogens (tertiary/aromatic N) is 3. The van der Waals surface area contributed by atoms with Gasteiger partial charge in [-0.1, -0.05) is 0 Å². The van der Waals surface area contributed by atoms with E-state index in [1.165, 1.54) is 0 Å². The van der Waals surface area contributed by atoms with Gasteiger partial charge in [0.15, 0.2) is 5.96 Å². The van der Waals surface area contributed by atoms with E-state index >= 15 is 0 Å². The molecule has 7 heteroatoms. The van der Waals surface area contributed by atoms with E-state index in [-0.39, 0.29) is 11.8 Å². The summed E-state index contributed by atoms with van der Waals surface area (Å²) in [5, 5.41) is 5.98. The Kier molecular flexibility index (Phi) is 8.43. The maximum absolute atomic E-state index is 11.6. The number of hydrogen-bond donors (Lipinski definition) is 2. The van der Waals surface area contributed by atoms with Crippen molar-refractivity contribution >= 4 is 17.8 Å². The zero-order valence-electron chi connectivity index (χ0n) is 14.9. The molecule has 1 rings (SSSR count). The molecule has 0 aromatic rings. The molecule has 23 heavy (non-hydrogen) atoms. The molecule has 1 aliphatic heterocycles. The van der Waals surface area contributed by atoms with Gasteiger partial charge in [0.2, 0.25) is 11.8 Å². The van der Waals surface area contributed by atoms with E-state index < -0.39 is 0 Å². The molecule has 0 atom stereocenters. The quantitative estimate of drug-likeness (QED) is 0.543. The molecule has 0 spiro atoms. The van der Waals surface area contributed by atoms with E-state index in [9.17, 15) is 9.59 Å². The van der Waals surface area contributed by atoms with Gasteiger partial charge in [0.1, 0.15) is 0 Å². The highest BCUT2D eigenvalue weighted by molar-refractivity contribution is 5.81. The van der Waals surface area contributed by atoms with E-state index in [2.05, 4.69) is 20.5 Å². The third-order valence-corrected chi connectivity index (χ3v) is 4.09. The van der Waals surface area contributed by atoms with Gasteiger partial charge in [-0.3, -0.25) is 14.6 Å². The molecule has 0 radical (unpaired) electrons. The van der Waals surface area contributed by atoms with Gasteiger partial charge in [-0.15, -0.1) is 0 Å². The van der Waals surface area contributed by atoms with Crippen LogP contribution in [0.25, 0.3) is 0 Å². The van der Waals surface area contributed by atoms with Crippen molar-refractivity contribution in [2.24, 2.45) is 10.9 Å². The summed E-state index contributed by atoms with van der Waals surface area (Å²) >= 11 is 0. The summed E-state index contributed by atoms with van der Waals surface area (Å²) < 4.78 is 0. The Morgan fingerprint density at radius 2 is 1.91 bits per heavy atom. The average Bonchev–Trinajstić information content (AvgIpc) is 2.54. The third-order valence-electron chi connectivity index (χ3n) is 4.09. The predicted molar refractivity (Wildman–Crippen MR) is 92.3 cm³/mol. The number of rotatable bonds is 6. The Balaban J connectivity index is 2.49. The lowest BCUT2D eigenvalue weighted by atomic mass is 9.93. The molecule has 0 saturated carbocycles. The summed E-state index contributed by atoms with van der Waals surface area (Å²) in [6.07, 6.45) is 3.02. The number of hydrogen-bond acceptors (Lipinski definition) is 3. The highest BCUT2D eigenvalue weighted by Crippen LogP contribution is 2.20. The van der Waals surface area contributed by atoms with Crippen molar-refractivity contribution in [3.63, 3.8) is 0 Å². The number of likely N-dealkylation sites (tertiary alicyclic amines) is 1. The second-order valence-corrected chi connectivity index (χ2v) is 6.08. The molecule has 7 nitrogen and oxygen atoms in total. The Morgan fingerprint density at radius 3 is 2.43 bits per heavy atom. The Morgan fingerprint density at radius 1 is 1.26 bits per heavy atom. The Hall–Kier alpha value is -1.79. The van der Waals surface area contributed by atoms with E-state index in [1.54, 1.807) is 26.0 Å². The molecular formula is C16H31N5O2. The fourth-order valence-corrected chi connectivity index (χ4v) is 2.62. The van der Waals surface area contributed by atoms with E-state index in [4.69, 9.17) is 0 Å². The van der Waals surface area contributed by atoms with Crippen molar-refractivity contribution in [1.82, 2.24) is 20.4 Å². The van der Waals surface area contributed by atoms with Crippen molar-refractivity contribution in [2.75, 3.05) is 47.3 Å². The van der Waals surface area contributed by atoms with Crippen LogP contribution in [0.2, 0.25) is 0 Å². The first kappa shape index (κ1) is 19.3. The molecule has 2 amide bonds. The number of carbonyl (C=O) groups excluding carboxylic acids is 2. The summed E-state index contributed by atoms with van der Waals surface area (Å²) in [5.41, 5.74) is 0. The van der Waals surface area contributed by atoms with Gasteiger partial charge >= 0.3 is 0 Å². The third kappa shape index (κ3) is 6.88. The monoisotopic (exact) mass is 325 g/mol. The fraction of sp³-hybridized carbons (Fsp3) is 0.812. The van der Waals surface area contributed by atoms with Gasteiger partial charge in [-0.25, -0.2) is 0 Å². The van der Waals surface area contributed by atoms with Crippen LogP contribution in [0.5, 0.6) is 0 Å². The molecule has 0 aromatic carbocycles. The van der Waals surface area contributed by atoms with E-state index in [0.717, 1.165) is 38.4 Å². The lowest BCUT2D eigenvalue weighted by Crippen LogP contribution is -2.46. The zero-order chi connectivity index (χ0) is 17.2. The van der Waals surface area contributed by atoms with Gasteiger partial charge in [-0.2, -0.15) is 0 Å². The SMILES string of the molecule is CCNC(=NCCC(=O)N(C)C)N1CCC(CC(=O)NC)CC1. The predicted octanol–water partition coefficient (Wildman–Crippen LogP) is 0.278. The molecule has 1 aliphatic rings. The van der Waals surface area contributed by atoms with Crippen LogP contribution in [0, 0.1) is 5.92 Å².